The molecule has 19 heavy (non-hydrogen) atoms. The van der Waals surface area contributed by atoms with Gasteiger partial charge in [-0.3, -0.25) is 4.79 Å². The minimum absolute atomic E-state index is 0.219. The molecule has 2 fully saturated rings. The molecule has 0 spiro atoms. The van der Waals surface area contributed by atoms with Crippen molar-refractivity contribution >= 4 is 23.1 Å². The smallest absolute Gasteiger partial charge is 0.236 e. The Bertz CT molecular complexity index is 363. The van der Waals surface area contributed by atoms with Crippen molar-refractivity contribution in [3.63, 3.8) is 0 Å². The maximum Gasteiger partial charge on any atom is 0.236 e. The van der Waals surface area contributed by atoms with Crippen LogP contribution in [-0.2, 0) is 4.79 Å². The van der Waals surface area contributed by atoms with Crippen LogP contribution < -0.4 is 5.73 Å². The van der Waals surface area contributed by atoms with Gasteiger partial charge in [-0.25, -0.2) is 0 Å². The first-order valence-electron chi connectivity index (χ1n) is 7.65. The summed E-state index contributed by atoms with van der Waals surface area (Å²) in [5, 5.41) is 0. The van der Waals surface area contributed by atoms with Gasteiger partial charge in [-0.1, -0.05) is 38.4 Å². The maximum absolute atomic E-state index is 13.1. The molecule has 2 atom stereocenters. The number of thiocarbonyl (C=S) groups is 1. The van der Waals surface area contributed by atoms with Crippen LogP contribution in [0.1, 0.15) is 65.2 Å². The lowest BCUT2D eigenvalue weighted by Crippen LogP contribution is -2.54. The molecule has 3 nitrogen and oxygen atoms in total. The fourth-order valence-electron chi connectivity index (χ4n) is 3.81. The van der Waals surface area contributed by atoms with E-state index in [1.54, 1.807) is 0 Å². The third-order valence-electron chi connectivity index (χ3n) is 5.08. The Kier molecular flexibility index (Phi) is 4.49. The van der Waals surface area contributed by atoms with Crippen molar-refractivity contribution in [2.45, 2.75) is 77.3 Å². The van der Waals surface area contributed by atoms with Crippen molar-refractivity contribution in [1.82, 2.24) is 4.90 Å². The zero-order valence-corrected chi connectivity index (χ0v) is 13.0. The summed E-state index contributed by atoms with van der Waals surface area (Å²) in [5.74, 6) is 0.219. The predicted molar refractivity (Wildman–Crippen MR) is 81.9 cm³/mol. The number of carbonyl (C=O) groups excluding carboxylic acids is 1. The molecule has 2 unspecified atom stereocenters. The van der Waals surface area contributed by atoms with Gasteiger partial charge in [-0.05, 0) is 39.0 Å². The van der Waals surface area contributed by atoms with Gasteiger partial charge in [0.05, 0.1) is 10.4 Å². The second-order valence-electron chi connectivity index (χ2n) is 6.21. The fraction of sp³-hybridized carbons (Fsp3) is 0.867. The number of amides is 1. The van der Waals surface area contributed by atoms with Crippen LogP contribution in [0.2, 0.25) is 0 Å². The molecule has 0 radical (unpaired) electrons. The fourth-order valence-corrected chi connectivity index (χ4v) is 4.10. The molecule has 1 amide bonds. The summed E-state index contributed by atoms with van der Waals surface area (Å²) in [4.78, 5) is 15.6. The number of nitrogens with two attached hydrogens (primary N) is 1. The lowest BCUT2D eigenvalue weighted by molar-refractivity contribution is -0.142. The molecule has 2 rings (SSSR count). The van der Waals surface area contributed by atoms with Crippen molar-refractivity contribution in [2.24, 2.45) is 11.1 Å². The number of rotatable bonds is 3. The van der Waals surface area contributed by atoms with Gasteiger partial charge in [0.25, 0.3) is 0 Å². The van der Waals surface area contributed by atoms with E-state index in [-0.39, 0.29) is 5.91 Å². The summed E-state index contributed by atoms with van der Waals surface area (Å²) in [6.07, 6.45) is 8.30. The summed E-state index contributed by atoms with van der Waals surface area (Å²) in [6.45, 7) is 4.32. The minimum atomic E-state index is -0.542. The second kappa shape index (κ2) is 5.78. The third-order valence-corrected chi connectivity index (χ3v) is 5.47. The third kappa shape index (κ3) is 2.51. The zero-order valence-electron chi connectivity index (χ0n) is 12.2. The van der Waals surface area contributed by atoms with Crippen molar-refractivity contribution in [3.8, 4) is 0 Å². The standard InChI is InChI=1S/C15H26N2OS/c1-3-12-8-7-11(2)17(12)14(18)15(13(16)19)9-5-4-6-10-15/h11-12H,3-10H2,1-2H3,(H2,16,19). The van der Waals surface area contributed by atoms with Gasteiger partial charge in [0, 0.05) is 12.1 Å². The first-order chi connectivity index (χ1) is 9.03. The zero-order chi connectivity index (χ0) is 14.0. The second-order valence-corrected chi connectivity index (χ2v) is 6.65. The summed E-state index contributed by atoms with van der Waals surface area (Å²) in [7, 11) is 0. The summed E-state index contributed by atoms with van der Waals surface area (Å²) in [6, 6.07) is 0.723. The minimum Gasteiger partial charge on any atom is -0.392 e. The Balaban J connectivity index is 2.26. The van der Waals surface area contributed by atoms with Crippen LogP contribution >= 0.6 is 12.2 Å². The molecule has 0 bridgehead atoms. The van der Waals surface area contributed by atoms with Gasteiger partial charge in [0.1, 0.15) is 0 Å². The predicted octanol–water partition coefficient (Wildman–Crippen LogP) is 3.01. The van der Waals surface area contributed by atoms with Gasteiger partial charge < -0.3 is 10.6 Å². The Labute approximate surface area is 121 Å². The van der Waals surface area contributed by atoms with E-state index in [1.807, 2.05) is 0 Å². The van der Waals surface area contributed by atoms with E-state index in [1.165, 1.54) is 6.42 Å². The average Bonchev–Trinajstić information content (AvgIpc) is 2.79. The van der Waals surface area contributed by atoms with Crippen LogP contribution in [0.5, 0.6) is 0 Å². The molecule has 1 saturated heterocycles. The van der Waals surface area contributed by atoms with Gasteiger partial charge in [0.15, 0.2) is 0 Å². The van der Waals surface area contributed by atoms with E-state index in [9.17, 15) is 4.79 Å². The maximum atomic E-state index is 13.1. The Hall–Kier alpha value is -0.640. The van der Waals surface area contributed by atoms with Crippen LogP contribution in [-0.4, -0.2) is 27.9 Å². The first kappa shape index (κ1) is 14.8. The highest BCUT2D eigenvalue weighted by Gasteiger charge is 2.48. The molecule has 1 aliphatic heterocycles. The van der Waals surface area contributed by atoms with Crippen LogP contribution in [0.4, 0.5) is 0 Å². The molecule has 1 aliphatic carbocycles. The number of likely N-dealkylation sites (tertiary alicyclic amines) is 1. The van der Waals surface area contributed by atoms with E-state index in [0.717, 1.165) is 44.9 Å². The topological polar surface area (TPSA) is 46.3 Å². The van der Waals surface area contributed by atoms with Gasteiger partial charge >= 0.3 is 0 Å². The first-order valence-corrected chi connectivity index (χ1v) is 8.06. The number of nitrogens with zero attached hydrogens (tertiary/aromatic N) is 1. The monoisotopic (exact) mass is 282 g/mol. The SMILES string of the molecule is CCC1CCC(C)N1C(=O)C1(C(N)=S)CCCCC1. The lowest BCUT2D eigenvalue weighted by Gasteiger charge is -2.41. The molecule has 0 aromatic carbocycles. The van der Waals surface area contributed by atoms with Crippen molar-refractivity contribution in [2.75, 3.05) is 0 Å². The lowest BCUT2D eigenvalue weighted by atomic mass is 9.72. The highest BCUT2D eigenvalue weighted by molar-refractivity contribution is 7.80. The van der Waals surface area contributed by atoms with Crippen molar-refractivity contribution in [3.05, 3.63) is 0 Å². The molecule has 4 heteroatoms. The Morgan fingerprint density at radius 2 is 1.95 bits per heavy atom. The van der Waals surface area contributed by atoms with E-state index in [0.29, 0.717) is 17.1 Å². The van der Waals surface area contributed by atoms with Crippen LogP contribution in [0, 0.1) is 5.41 Å². The molecule has 0 aromatic heterocycles. The summed E-state index contributed by atoms with van der Waals surface area (Å²) >= 11 is 5.28. The molecule has 0 aromatic rings. The molecule has 1 saturated carbocycles. The van der Waals surface area contributed by atoms with Crippen LogP contribution in [0.15, 0.2) is 0 Å². The quantitative estimate of drug-likeness (QED) is 0.809. The molecule has 2 aliphatic rings. The van der Waals surface area contributed by atoms with Crippen LogP contribution in [0.25, 0.3) is 0 Å². The highest BCUT2D eigenvalue weighted by atomic mass is 32.1. The highest BCUT2D eigenvalue weighted by Crippen LogP contribution is 2.41. The van der Waals surface area contributed by atoms with E-state index in [4.69, 9.17) is 18.0 Å². The van der Waals surface area contributed by atoms with Crippen LogP contribution in [0.3, 0.4) is 0 Å². The van der Waals surface area contributed by atoms with Gasteiger partial charge in [0.2, 0.25) is 5.91 Å². The Morgan fingerprint density at radius 1 is 1.32 bits per heavy atom. The normalized spacial score (nSPS) is 30.3. The summed E-state index contributed by atoms with van der Waals surface area (Å²) < 4.78 is 0. The van der Waals surface area contributed by atoms with Crippen molar-refractivity contribution < 1.29 is 4.79 Å². The van der Waals surface area contributed by atoms with Crippen molar-refractivity contribution in [1.29, 1.82) is 0 Å². The van der Waals surface area contributed by atoms with E-state index < -0.39 is 5.41 Å². The Morgan fingerprint density at radius 3 is 2.47 bits per heavy atom. The molecular formula is C15H26N2OS. The molecule has 108 valence electrons. The van der Waals surface area contributed by atoms with Gasteiger partial charge in [-0.2, -0.15) is 0 Å². The summed E-state index contributed by atoms with van der Waals surface area (Å²) in [5.41, 5.74) is 5.44. The number of carbonyl (C=O) groups is 1. The molecule has 2 N–H and O–H groups in total. The number of hydrogen-bond acceptors (Lipinski definition) is 2. The largest absolute Gasteiger partial charge is 0.392 e. The van der Waals surface area contributed by atoms with E-state index in [2.05, 4.69) is 18.7 Å². The van der Waals surface area contributed by atoms with Gasteiger partial charge in [-0.15, -0.1) is 0 Å². The van der Waals surface area contributed by atoms with E-state index >= 15 is 0 Å². The molecule has 1 heterocycles. The average molecular weight is 282 g/mol. The molecular weight excluding hydrogens is 256 g/mol. The number of hydrogen-bond donors (Lipinski definition) is 1.